The molecule has 0 aromatic heterocycles. The predicted molar refractivity (Wildman–Crippen MR) is 111 cm³/mol. The Morgan fingerprint density at radius 3 is 2.59 bits per heavy atom. The van der Waals surface area contributed by atoms with E-state index in [1.165, 1.54) is 61.2 Å². The van der Waals surface area contributed by atoms with Crippen LogP contribution < -0.4 is 5.32 Å². The molecular weight excluding hydrogens is 332 g/mol. The number of carbonyl (C=O) groups is 1. The summed E-state index contributed by atoms with van der Waals surface area (Å²) in [5.41, 5.74) is 6.57. The lowest BCUT2D eigenvalue weighted by atomic mass is 9.89. The minimum Gasteiger partial charge on any atom is -0.326 e. The number of hydrogen-bond donors (Lipinski definition) is 1. The van der Waals surface area contributed by atoms with E-state index in [-0.39, 0.29) is 5.91 Å². The molecule has 0 atom stereocenters. The van der Waals surface area contributed by atoms with E-state index in [9.17, 15) is 4.79 Å². The topological polar surface area (TPSA) is 32.3 Å². The summed E-state index contributed by atoms with van der Waals surface area (Å²) < 4.78 is 0. The second-order valence-corrected chi connectivity index (χ2v) is 8.17. The number of aryl methyl sites for hydroxylation is 3. The first-order valence-corrected chi connectivity index (χ1v) is 10.4. The van der Waals surface area contributed by atoms with Crippen LogP contribution in [0.15, 0.2) is 42.5 Å². The minimum atomic E-state index is 0.143. The molecular formula is C24H30N2O. The standard InChI is InChI=1S/C24H30N2O/c1-18-4-7-20(8-5-18)21-12-15-26(16-13-21)14-2-3-19-6-10-23-22(17-19)9-11-24(27)25-23/h4-8,10,17,21H,2-3,9,11-16H2,1H3,(H,25,27). The maximum atomic E-state index is 11.5. The Morgan fingerprint density at radius 2 is 1.81 bits per heavy atom. The van der Waals surface area contributed by atoms with Gasteiger partial charge in [0.2, 0.25) is 5.91 Å². The summed E-state index contributed by atoms with van der Waals surface area (Å²) in [5, 5.41) is 2.97. The van der Waals surface area contributed by atoms with Gasteiger partial charge in [0.05, 0.1) is 0 Å². The molecule has 3 nitrogen and oxygen atoms in total. The average molecular weight is 363 g/mol. The van der Waals surface area contributed by atoms with Crippen LogP contribution in [0.4, 0.5) is 5.69 Å². The summed E-state index contributed by atoms with van der Waals surface area (Å²) in [6.45, 7) is 5.78. The predicted octanol–water partition coefficient (Wildman–Crippen LogP) is 4.69. The molecule has 1 fully saturated rings. The Morgan fingerprint density at radius 1 is 1.04 bits per heavy atom. The number of hydrogen-bond acceptors (Lipinski definition) is 2. The molecule has 3 heteroatoms. The van der Waals surface area contributed by atoms with Crippen LogP contribution in [0.1, 0.15) is 53.9 Å². The van der Waals surface area contributed by atoms with Crippen molar-refractivity contribution >= 4 is 11.6 Å². The summed E-state index contributed by atoms with van der Waals surface area (Å²) in [4.78, 5) is 14.1. The van der Waals surface area contributed by atoms with Gasteiger partial charge in [0.1, 0.15) is 0 Å². The van der Waals surface area contributed by atoms with E-state index in [1.54, 1.807) is 0 Å². The van der Waals surface area contributed by atoms with E-state index in [4.69, 9.17) is 0 Å². The summed E-state index contributed by atoms with van der Waals surface area (Å²) >= 11 is 0. The Balaban J connectivity index is 1.22. The van der Waals surface area contributed by atoms with Crippen LogP contribution in [0.2, 0.25) is 0 Å². The first-order chi connectivity index (χ1) is 13.2. The quantitative estimate of drug-likeness (QED) is 0.837. The summed E-state index contributed by atoms with van der Waals surface area (Å²) in [6.07, 6.45) is 6.39. The first-order valence-electron chi connectivity index (χ1n) is 10.4. The van der Waals surface area contributed by atoms with E-state index < -0.39 is 0 Å². The van der Waals surface area contributed by atoms with Crippen molar-refractivity contribution in [3.63, 3.8) is 0 Å². The van der Waals surface area contributed by atoms with Crippen LogP contribution in [0, 0.1) is 6.92 Å². The molecule has 2 aliphatic heterocycles. The molecule has 1 amide bonds. The number of nitrogens with zero attached hydrogens (tertiary/aromatic N) is 1. The Bertz CT molecular complexity index is 789. The number of rotatable bonds is 5. The van der Waals surface area contributed by atoms with Gasteiger partial charge in [-0.05, 0) is 87.3 Å². The zero-order valence-corrected chi connectivity index (χ0v) is 16.3. The number of likely N-dealkylation sites (tertiary alicyclic amines) is 1. The molecule has 1 N–H and O–H groups in total. The smallest absolute Gasteiger partial charge is 0.224 e. The zero-order chi connectivity index (χ0) is 18.6. The average Bonchev–Trinajstić information content (AvgIpc) is 2.69. The normalized spacial score (nSPS) is 18.2. The molecule has 0 bridgehead atoms. The van der Waals surface area contributed by atoms with Crippen molar-refractivity contribution in [1.29, 1.82) is 0 Å². The lowest BCUT2D eigenvalue weighted by Gasteiger charge is -2.32. The van der Waals surface area contributed by atoms with Gasteiger partial charge in [-0.15, -0.1) is 0 Å². The second kappa shape index (κ2) is 8.26. The highest BCUT2D eigenvalue weighted by molar-refractivity contribution is 5.93. The molecule has 0 saturated carbocycles. The van der Waals surface area contributed by atoms with Crippen molar-refractivity contribution in [2.75, 3.05) is 25.0 Å². The van der Waals surface area contributed by atoms with Crippen molar-refractivity contribution < 1.29 is 4.79 Å². The van der Waals surface area contributed by atoms with Crippen LogP contribution >= 0.6 is 0 Å². The minimum absolute atomic E-state index is 0.143. The van der Waals surface area contributed by atoms with Crippen molar-refractivity contribution in [2.24, 2.45) is 0 Å². The van der Waals surface area contributed by atoms with E-state index in [2.05, 4.69) is 59.6 Å². The molecule has 4 rings (SSSR count). The van der Waals surface area contributed by atoms with Gasteiger partial charge in [-0.1, -0.05) is 42.0 Å². The van der Waals surface area contributed by atoms with Gasteiger partial charge in [-0.3, -0.25) is 4.79 Å². The van der Waals surface area contributed by atoms with Gasteiger partial charge in [0.25, 0.3) is 0 Å². The fourth-order valence-electron chi connectivity index (χ4n) is 4.43. The number of anilines is 1. The Labute approximate surface area is 162 Å². The third-order valence-electron chi connectivity index (χ3n) is 6.14. The van der Waals surface area contributed by atoms with Crippen LogP contribution in [-0.2, 0) is 17.6 Å². The number of nitrogens with one attached hydrogen (secondary N) is 1. The maximum absolute atomic E-state index is 11.5. The number of piperidine rings is 1. The Hall–Kier alpha value is -2.13. The van der Waals surface area contributed by atoms with Crippen LogP contribution in [0.25, 0.3) is 0 Å². The van der Waals surface area contributed by atoms with Crippen LogP contribution in [-0.4, -0.2) is 30.4 Å². The van der Waals surface area contributed by atoms with Crippen molar-refractivity contribution in [3.05, 3.63) is 64.7 Å². The summed E-state index contributed by atoms with van der Waals surface area (Å²) in [6, 6.07) is 15.7. The van der Waals surface area contributed by atoms with Crippen molar-refractivity contribution in [1.82, 2.24) is 4.90 Å². The molecule has 0 spiro atoms. The van der Waals surface area contributed by atoms with Crippen molar-refractivity contribution in [2.45, 2.75) is 51.4 Å². The molecule has 27 heavy (non-hydrogen) atoms. The van der Waals surface area contributed by atoms with Gasteiger partial charge in [0, 0.05) is 12.1 Å². The monoisotopic (exact) mass is 362 g/mol. The molecule has 0 aliphatic carbocycles. The van der Waals surface area contributed by atoms with Gasteiger partial charge in [0.15, 0.2) is 0 Å². The summed E-state index contributed by atoms with van der Waals surface area (Å²) in [5.74, 6) is 0.877. The molecule has 2 aromatic carbocycles. The SMILES string of the molecule is Cc1ccc(C2CCN(CCCc3ccc4c(c3)CCC(=O)N4)CC2)cc1. The van der Waals surface area contributed by atoms with E-state index in [0.29, 0.717) is 6.42 Å². The van der Waals surface area contributed by atoms with Gasteiger partial charge in [-0.2, -0.15) is 0 Å². The Kier molecular flexibility index (Phi) is 5.58. The molecule has 142 valence electrons. The van der Waals surface area contributed by atoms with E-state index in [0.717, 1.165) is 24.4 Å². The molecule has 1 saturated heterocycles. The second-order valence-electron chi connectivity index (χ2n) is 8.17. The fraction of sp³-hybridized carbons (Fsp3) is 0.458. The van der Waals surface area contributed by atoms with Gasteiger partial charge in [-0.25, -0.2) is 0 Å². The van der Waals surface area contributed by atoms with Crippen molar-refractivity contribution in [3.8, 4) is 0 Å². The number of fused-ring (bicyclic) bond motifs is 1. The molecule has 2 aromatic rings. The lowest BCUT2D eigenvalue weighted by Crippen LogP contribution is -2.33. The van der Waals surface area contributed by atoms with E-state index in [1.807, 2.05) is 0 Å². The molecule has 2 heterocycles. The zero-order valence-electron chi connectivity index (χ0n) is 16.3. The number of amides is 1. The fourth-order valence-corrected chi connectivity index (χ4v) is 4.43. The lowest BCUT2D eigenvalue weighted by molar-refractivity contribution is -0.116. The maximum Gasteiger partial charge on any atom is 0.224 e. The van der Waals surface area contributed by atoms with Gasteiger partial charge < -0.3 is 10.2 Å². The highest BCUT2D eigenvalue weighted by atomic mass is 16.1. The third-order valence-corrected chi connectivity index (χ3v) is 6.14. The highest BCUT2D eigenvalue weighted by Crippen LogP contribution is 2.28. The third kappa shape index (κ3) is 4.59. The molecule has 2 aliphatic rings. The van der Waals surface area contributed by atoms with Crippen LogP contribution in [0.5, 0.6) is 0 Å². The van der Waals surface area contributed by atoms with Gasteiger partial charge >= 0.3 is 0 Å². The first kappa shape index (κ1) is 18.2. The largest absolute Gasteiger partial charge is 0.326 e. The van der Waals surface area contributed by atoms with Crippen LogP contribution in [0.3, 0.4) is 0 Å². The highest BCUT2D eigenvalue weighted by Gasteiger charge is 2.20. The number of carbonyl (C=O) groups excluding carboxylic acids is 1. The molecule has 0 unspecified atom stereocenters. The summed E-state index contributed by atoms with van der Waals surface area (Å²) in [7, 11) is 0. The number of benzene rings is 2. The molecule has 0 radical (unpaired) electrons. The van der Waals surface area contributed by atoms with E-state index >= 15 is 0 Å².